The van der Waals surface area contributed by atoms with Crippen LogP contribution >= 0.6 is 0 Å². The third-order valence-electron chi connectivity index (χ3n) is 0.995. The van der Waals surface area contributed by atoms with Gasteiger partial charge in [0.15, 0.2) is 0 Å². The lowest BCUT2D eigenvalue weighted by atomic mass is 10.2. The summed E-state index contributed by atoms with van der Waals surface area (Å²) in [4.78, 5) is 3.02. The Morgan fingerprint density at radius 3 is 2.17 bits per heavy atom. The average molecular weight is 180 g/mol. The maximum atomic E-state index is 12.0. The van der Waals surface area contributed by atoms with E-state index in [-0.39, 0.29) is 5.92 Å². The van der Waals surface area contributed by atoms with Gasteiger partial charge in [-0.2, -0.15) is 13.2 Å². The molecule has 0 aromatic rings. The van der Waals surface area contributed by atoms with E-state index in [9.17, 15) is 13.2 Å². The van der Waals surface area contributed by atoms with Crippen molar-refractivity contribution in [3.05, 3.63) is 11.8 Å². The summed E-state index contributed by atoms with van der Waals surface area (Å²) in [6.45, 7) is 3.27. The van der Waals surface area contributed by atoms with Crippen LogP contribution in [0.5, 0.6) is 0 Å². The minimum Gasteiger partial charge on any atom is -0.390 e. The molecule has 12 heavy (non-hydrogen) atoms. The van der Waals surface area contributed by atoms with Crippen molar-refractivity contribution < 1.29 is 13.2 Å². The van der Waals surface area contributed by atoms with Crippen molar-refractivity contribution in [2.75, 3.05) is 0 Å². The molecule has 5 heteroatoms. The Morgan fingerprint density at radius 1 is 1.42 bits per heavy atom. The first-order valence-electron chi connectivity index (χ1n) is 3.41. The predicted octanol–water partition coefficient (Wildman–Crippen LogP) is 2.08. The normalized spacial score (nSPS) is 14.7. The van der Waals surface area contributed by atoms with Crippen molar-refractivity contribution in [3.63, 3.8) is 0 Å². The molecule has 0 aliphatic rings. The van der Waals surface area contributed by atoms with Crippen molar-refractivity contribution in [3.8, 4) is 0 Å². The SMILES string of the molecule is CC(C)/C=C(\N=CN)C(F)(F)F. The van der Waals surface area contributed by atoms with Crippen molar-refractivity contribution in [2.45, 2.75) is 20.0 Å². The molecule has 0 saturated heterocycles. The summed E-state index contributed by atoms with van der Waals surface area (Å²) in [5.41, 5.74) is 3.82. The van der Waals surface area contributed by atoms with E-state index in [2.05, 4.69) is 4.99 Å². The van der Waals surface area contributed by atoms with E-state index in [4.69, 9.17) is 5.73 Å². The van der Waals surface area contributed by atoms with Crippen LogP contribution in [0.3, 0.4) is 0 Å². The number of aliphatic imine (C=N–C) groups is 1. The van der Waals surface area contributed by atoms with Gasteiger partial charge in [0.25, 0.3) is 0 Å². The summed E-state index contributed by atoms with van der Waals surface area (Å²) in [6.07, 6.45) is -2.76. The molecule has 2 N–H and O–H groups in total. The van der Waals surface area contributed by atoms with E-state index < -0.39 is 11.9 Å². The zero-order chi connectivity index (χ0) is 9.78. The highest BCUT2D eigenvalue weighted by atomic mass is 19.4. The minimum atomic E-state index is -4.42. The largest absolute Gasteiger partial charge is 0.433 e. The molecule has 0 rings (SSSR count). The minimum absolute atomic E-state index is 0.203. The quantitative estimate of drug-likeness (QED) is 0.512. The van der Waals surface area contributed by atoms with Crippen LogP contribution in [-0.4, -0.2) is 12.5 Å². The summed E-state index contributed by atoms with van der Waals surface area (Å²) in [5.74, 6) is -0.203. The van der Waals surface area contributed by atoms with E-state index in [1.807, 2.05) is 0 Å². The van der Waals surface area contributed by atoms with Crippen LogP contribution in [-0.2, 0) is 0 Å². The zero-order valence-corrected chi connectivity index (χ0v) is 6.89. The van der Waals surface area contributed by atoms with Gasteiger partial charge in [-0.1, -0.05) is 19.9 Å². The van der Waals surface area contributed by atoms with Gasteiger partial charge in [-0.15, -0.1) is 0 Å². The molecule has 0 unspecified atom stereocenters. The van der Waals surface area contributed by atoms with Gasteiger partial charge >= 0.3 is 6.18 Å². The van der Waals surface area contributed by atoms with Crippen LogP contribution in [0.1, 0.15) is 13.8 Å². The highest BCUT2D eigenvalue weighted by Gasteiger charge is 2.33. The lowest BCUT2D eigenvalue weighted by Crippen LogP contribution is -2.12. The Labute approximate surface area is 69.0 Å². The number of halogens is 3. The molecule has 0 atom stereocenters. The van der Waals surface area contributed by atoms with Crippen LogP contribution in [0, 0.1) is 5.92 Å². The smallest absolute Gasteiger partial charge is 0.390 e. The molecule has 0 aromatic carbocycles. The van der Waals surface area contributed by atoms with Crippen LogP contribution in [0.2, 0.25) is 0 Å². The Kier molecular flexibility index (Phi) is 3.79. The van der Waals surface area contributed by atoms with Crippen molar-refractivity contribution in [1.29, 1.82) is 0 Å². The predicted molar refractivity (Wildman–Crippen MR) is 41.7 cm³/mol. The first kappa shape index (κ1) is 11.0. The first-order valence-corrected chi connectivity index (χ1v) is 3.41. The third-order valence-corrected chi connectivity index (χ3v) is 0.995. The number of allylic oxidation sites excluding steroid dienone is 2. The lowest BCUT2D eigenvalue weighted by molar-refractivity contribution is -0.0927. The molecule has 0 aliphatic carbocycles. The molecule has 0 radical (unpaired) electrons. The lowest BCUT2D eigenvalue weighted by Gasteiger charge is -2.07. The maximum Gasteiger partial charge on any atom is 0.433 e. The van der Waals surface area contributed by atoms with Crippen LogP contribution in [0.4, 0.5) is 13.2 Å². The molecule has 0 amide bonds. The first-order chi connectivity index (χ1) is 5.38. The number of hydrogen-bond acceptors (Lipinski definition) is 1. The summed E-state index contributed by atoms with van der Waals surface area (Å²) in [5, 5.41) is 0. The summed E-state index contributed by atoms with van der Waals surface area (Å²) < 4.78 is 36.1. The Balaban J connectivity index is 4.67. The zero-order valence-electron chi connectivity index (χ0n) is 6.89. The second kappa shape index (κ2) is 4.13. The molecule has 0 heterocycles. The number of nitrogens with zero attached hydrogens (tertiary/aromatic N) is 1. The van der Waals surface area contributed by atoms with Gasteiger partial charge in [0.2, 0.25) is 0 Å². The molecular weight excluding hydrogens is 169 g/mol. The van der Waals surface area contributed by atoms with E-state index in [0.29, 0.717) is 6.34 Å². The van der Waals surface area contributed by atoms with Gasteiger partial charge in [0.1, 0.15) is 5.70 Å². The van der Waals surface area contributed by atoms with Gasteiger partial charge in [0.05, 0.1) is 6.34 Å². The Hall–Kier alpha value is -1.00. The molecular formula is C7H11F3N2. The summed E-state index contributed by atoms with van der Waals surface area (Å²) >= 11 is 0. The Morgan fingerprint density at radius 2 is 1.92 bits per heavy atom. The van der Waals surface area contributed by atoms with Crippen LogP contribution < -0.4 is 5.73 Å². The van der Waals surface area contributed by atoms with Gasteiger partial charge in [-0.25, -0.2) is 4.99 Å². The van der Waals surface area contributed by atoms with Crippen LogP contribution in [0.25, 0.3) is 0 Å². The summed E-state index contributed by atoms with van der Waals surface area (Å²) in [7, 11) is 0. The van der Waals surface area contributed by atoms with E-state index in [0.717, 1.165) is 6.08 Å². The van der Waals surface area contributed by atoms with Gasteiger partial charge in [-0.3, -0.25) is 0 Å². The monoisotopic (exact) mass is 180 g/mol. The maximum absolute atomic E-state index is 12.0. The van der Waals surface area contributed by atoms with Crippen molar-refractivity contribution in [1.82, 2.24) is 0 Å². The van der Waals surface area contributed by atoms with Crippen molar-refractivity contribution >= 4 is 6.34 Å². The molecule has 70 valence electrons. The molecule has 0 saturated carbocycles. The average Bonchev–Trinajstić information content (AvgIpc) is 1.83. The molecule has 0 aromatic heterocycles. The fourth-order valence-corrected chi connectivity index (χ4v) is 0.607. The van der Waals surface area contributed by atoms with Gasteiger partial charge in [0, 0.05) is 0 Å². The van der Waals surface area contributed by atoms with E-state index in [1.165, 1.54) is 0 Å². The fourth-order valence-electron chi connectivity index (χ4n) is 0.607. The Bertz CT molecular complexity index is 191. The number of alkyl halides is 3. The van der Waals surface area contributed by atoms with Crippen LogP contribution in [0.15, 0.2) is 16.8 Å². The number of nitrogens with two attached hydrogens (primary N) is 1. The van der Waals surface area contributed by atoms with Gasteiger partial charge < -0.3 is 5.73 Å². The number of rotatable bonds is 2. The molecule has 0 aliphatic heterocycles. The highest BCUT2D eigenvalue weighted by Crippen LogP contribution is 2.27. The van der Waals surface area contributed by atoms with Crippen molar-refractivity contribution in [2.24, 2.45) is 16.6 Å². The number of hydrogen-bond donors (Lipinski definition) is 1. The third kappa shape index (κ3) is 4.00. The van der Waals surface area contributed by atoms with Gasteiger partial charge in [-0.05, 0) is 5.92 Å². The molecule has 0 bridgehead atoms. The fraction of sp³-hybridized carbons (Fsp3) is 0.571. The topological polar surface area (TPSA) is 38.4 Å². The molecule has 0 spiro atoms. The second-order valence-electron chi connectivity index (χ2n) is 2.57. The van der Waals surface area contributed by atoms with E-state index in [1.54, 1.807) is 13.8 Å². The standard InChI is InChI=1S/C7H11F3N2/c1-5(2)3-6(12-4-11)7(8,9)10/h3-5H,1-2H3,(H2,11,12)/b6-3-. The molecule has 2 nitrogen and oxygen atoms in total. The highest BCUT2D eigenvalue weighted by molar-refractivity contribution is 5.53. The second-order valence-corrected chi connectivity index (χ2v) is 2.57. The summed E-state index contributed by atoms with van der Waals surface area (Å²) in [6, 6.07) is 0. The molecule has 0 fully saturated rings. The van der Waals surface area contributed by atoms with E-state index >= 15 is 0 Å².